The van der Waals surface area contributed by atoms with E-state index in [1.54, 1.807) is 6.07 Å². The van der Waals surface area contributed by atoms with Gasteiger partial charge in [-0.2, -0.15) is 0 Å². The van der Waals surface area contributed by atoms with Crippen molar-refractivity contribution in [2.75, 3.05) is 12.1 Å². The third-order valence-electron chi connectivity index (χ3n) is 3.70. The first-order valence-electron chi connectivity index (χ1n) is 7.28. The van der Waals surface area contributed by atoms with Crippen molar-refractivity contribution in [3.8, 4) is 11.5 Å². The number of hydrogen-bond donors (Lipinski definition) is 1. The van der Waals surface area contributed by atoms with Crippen molar-refractivity contribution in [3.05, 3.63) is 52.8 Å². The molecule has 1 aromatic heterocycles. The fraction of sp³-hybridized carbons (Fsp3) is 0.118. The molecule has 1 aliphatic heterocycles. The van der Waals surface area contributed by atoms with E-state index in [0.717, 1.165) is 22.4 Å². The monoisotopic (exact) mass is 341 g/mol. The Balaban J connectivity index is 1.66. The van der Waals surface area contributed by atoms with Crippen LogP contribution in [0.1, 0.15) is 16.2 Å². The molecule has 0 radical (unpaired) electrons. The predicted octanol–water partition coefficient (Wildman–Crippen LogP) is 3.44. The number of carbonyl (C=O) groups excluding carboxylic acids is 1. The fourth-order valence-corrected chi connectivity index (χ4v) is 2.78. The summed E-state index contributed by atoms with van der Waals surface area (Å²) in [6.45, 7) is 0.748. The standard InChI is InChI=1S/C17H12ClN3O3/c18-12-3-1-2-11-16(12)20-15(8-22)21-17(11)19-7-10-4-5-13-14(6-10)24-9-23-13/h1-6,8H,7,9H2,(H,19,20,21). The van der Waals surface area contributed by atoms with E-state index in [1.165, 1.54) is 0 Å². The van der Waals surface area contributed by atoms with Gasteiger partial charge in [-0.05, 0) is 29.8 Å². The number of anilines is 1. The molecule has 120 valence electrons. The summed E-state index contributed by atoms with van der Waals surface area (Å²) in [4.78, 5) is 19.5. The van der Waals surface area contributed by atoms with Gasteiger partial charge in [0.2, 0.25) is 6.79 Å². The Hall–Kier alpha value is -2.86. The molecule has 2 heterocycles. The Morgan fingerprint density at radius 2 is 2.04 bits per heavy atom. The Kier molecular flexibility index (Phi) is 3.66. The first-order valence-corrected chi connectivity index (χ1v) is 7.66. The first kappa shape index (κ1) is 14.7. The number of carbonyl (C=O) groups is 1. The Labute approximate surface area is 142 Å². The zero-order valence-electron chi connectivity index (χ0n) is 12.5. The largest absolute Gasteiger partial charge is 0.454 e. The quantitative estimate of drug-likeness (QED) is 0.733. The summed E-state index contributed by atoms with van der Waals surface area (Å²) in [5.74, 6) is 2.10. The SMILES string of the molecule is O=Cc1nc(NCc2ccc3c(c2)OCO3)c2cccc(Cl)c2n1. The second kappa shape index (κ2) is 5.98. The lowest BCUT2D eigenvalue weighted by atomic mass is 10.2. The van der Waals surface area contributed by atoms with Crippen LogP contribution in [0.4, 0.5) is 5.82 Å². The van der Waals surface area contributed by atoms with E-state index in [2.05, 4.69) is 15.3 Å². The summed E-state index contributed by atoms with van der Waals surface area (Å²) in [5, 5.41) is 4.47. The van der Waals surface area contributed by atoms with Crippen molar-refractivity contribution in [1.29, 1.82) is 0 Å². The van der Waals surface area contributed by atoms with Gasteiger partial charge in [-0.1, -0.05) is 23.7 Å². The number of para-hydroxylation sites is 1. The minimum absolute atomic E-state index is 0.0868. The third kappa shape index (κ3) is 2.61. The van der Waals surface area contributed by atoms with Crippen molar-refractivity contribution in [2.24, 2.45) is 0 Å². The molecular weight excluding hydrogens is 330 g/mol. The van der Waals surface area contributed by atoms with Crippen LogP contribution < -0.4 is 14.8 Å². The molecule has 3 aromatic rings. The summed E-state index contributed by atoms with van der Waals surface area (Å²) < 4.78 is 10.7. The molecule has 0 atom stereocenters. The lowest BCUT2D eigenvalue weighted by molar-refractivity contribution is 0.111. The highest BCUT2D eigenvalue weighted by Gasteiger charge is 2.14. The number of nitrogens with one attached hydrogen (secondary N) is 1. The van der Waals surface area contributed by atoms with Crippen molar-refractivity contribution >= 4 is 34.6 Å². The van der Waals surface area contributed by atoms with Crippen LogP contribution in [0.25, 0.3) is 10.9 Å². The average Bonchev–Trinajstić information content (AvgIpc) is 3.07. The minimum Gasteiger partial charge on any atom is -0.454 e. The Morgan fingerprint density at radius 1 is 1.17 bits per heavy atom. The zero-order chi connectivity index (χ0) is 16.5. The van der Waals surface area contributed by atoms with Gasteiger partial charge in [0.1, 0.15) is 5.82 Å². The molecule has 7 heteroatoms. The summed E-state index contributed by atoms with van der Waals surface area (Å²) in [5.41, 5.74) is 1.55. The van der Waals surface area contributed by atoms with Crippen LogP contribution in [0.15, 0.2) is 36.4 Å². The van der Waals surface area contributed by atoms with Crippen LogP contribution in [0.5, 0.6) is 11.5 Å². The van der Waals surface area contributed by atoms with E-state index >= 15 is 0 Å². The highest BCUT2D eigenvalue weighted by atomic mass is 35.5. The maximum atomic E-state index is 11.1. The number of rotatable bonds is 4. The van der Waals surface area contributed by atoms with Crippen molar-refractivity contribution in [3.63, 3.8) is 0 Å². The molecular formula is C17H12ClN3O3. The number of benzene rings is 2. The predicted molar refractivity (Wildman–Crippen MR) is 89.8 cm³/mol. The first-order chi connectivity index (χ1) is 11.7. The summed E-state index contributed by atoms with van der Waals surface area (Å²) in [6, 6.07) is 11.1. The molecule has 1 aliphatic rings. The fourth-order valence-electron chi connectivity index (χ4n) is 2.56. The van der Waals surface area contributed by atoms with Crippen LogP contribution in [0.2, 0.25) is 5.02 Å². The van der Waals surface area contributed by atoms with Gasteiger partial charge in [-0.15, -0.1) is 0 Å². The van der Waals surface area contributed by atoms with Gasteiger partial charge in [0, 0.05) is 11.9 Å². The third-order valence-corrected chi connectivity index (χ3v) is 4.00. The lowest BCUT2D eigenvalue weighted by Gasteiger charge is -2.10. The number of aldehydes is 1. The normalized spacial score (nSPS) is 12.4. The van der Waals surface area contributed by atoms with E-state index in [-0.39, 0.29) is 12.6 Å². The van der Waals surface area contributed by atoms with Crippen molar-refractivity contribution < 1.29 is 14.3 Å². The summed E-state index contributed by atoms with van der Waals surface area (Å²) >= 11 is 6.17. The number of halogens is 1. The number of hydrogen-bond acceptors (Lipinski definition) is 6. The molecule has 2 aromatic carbocycles. The summed E-state index contributed by atoms with van der Waals surface area (Å²) in [7, 11) is 0. The number of ether oxygens (including phenoxy) is 2. The molecule has 0 fully saturated rings. The van der Waals surface area contributed by atoms with Crippen LogP contribution in [0.3, 0.4) is 0 Å². The molecule has 0 amide bonds. The van der Waals surface area contributed by atoms with Crippen LogP contribution in [-0.2, 0) is 6.54 Å². The summed E-state index contributed by atoms with van der Waals surface area (Å²) in [6.07, 6.45) is 0.606. The Morgan fingerprint density at radius 3 is 2.92 bits per heavy atom. The lowest BCUT2D eigenvalue weighted by Crippen LogP contribution is -2.05. The topological polar surface area (TPSA) is 73.3 Å². The molecule has 0 aliphatic carbocycles. The minimum atomic E-state index is 0.0868. The highest BCUT2D eigenvalue weighted by Crippen LogP contribution is 2.33. The number of aromatic nitrogens is 2. The van der Waals surface area contributed by atoms with Gasteiger partial charge < -0.3 is 14.8 Å². The molecule has 1 N–H and O–H groups in total. The molecule has 0 saturated heterocycles. The molecule has 0 unspecified atom stereocenters. The molecule has 6 nitrogen and oxygen atoms in total. The van der Waals surface area contributed by atoms with E-state index in [0.29, 0.717) is 29.2 Å². The van der Waals surface area contributed by atoms with Crippen LogP contribution >= 0.6 is 11.6 Å². The van der Waals surface area contributed by atoms with Gasteiger partial charge in [-0.25, -0.2) is 9.97 Å². The van der Waals surface area contributed by atoms with Gasteiger partial charge >= 0.3 is 0 Å². The van der Waals surface area contributed by atoms with E-state index < -0.39 is 0 Å². The maximum Gasteiger partial charge on any atom is 0.231 e. The molecule has 0 saturated carbocycles. The van der Waals surface area contributed by atoms with Gasteiger partial charge in [-0.3, -0.25) is 4.79 Å². The zero-order valence-corrected chi connectivity index (χ0v) is 13.2. The second-order valence-electron chi connectivity index (χ2n) is 5.23. The van der Waals surface area contributed by atoms with Gasteiger partial charge in [0.25, 0.3) is 0 Å². The van der Waals surface area contributed by atoms with Gasteiger partial charge in [0.15, 0.2) is 23.6 Å². The average molecular weight is 342 g/mol. The number of fused-ring (bicyclic) bond motifs is 2. The molecule has 24 heavy (non-hydrogen) atoms. The van der Waals surface area contributed by atoms with E-state index in [1.807, 2.05) is 30.3 Å². The number of nitrogens with zero attached hydrogens (tertiary/aromatic N) is 2. The van der Waals surface area contributed by atoms with Crippen LogP contribution in [-0.4, -0.2) is 23.0 Å². The van der Waals surface area contributed by atoms with Crippen LogP contribution in [0, 0.1) is 0 Å². The second-order valence-corrected chi connectivity index (χ2v) is 5.63. The Bertz CT molecular complexity index is 946. The van der Waals surface area contributed by atoms with E-state index in [9.17, 15) is 4.79 Å². The maximum absolute atomic E-state index is 11.1. The molecule has 0 spiro atoms. The van der Waals surface area contributed by atoms with Gasteiger partial charge in [0.05, 0.1) is 10.5 Å². The highest BCUT2D eigenvalue weighted by molar-refractivity contribution is 6.35. The molecule has 4 rings (SSSR count). The smallest absolute Gasteiger partial charge is 0.231 e. The molecule has 0 bridgehead atoms. The van der Waals surface area contributed by atoms with Crippen molar-refractivity contribution in [1.82, 2.24) is 9.97 Å². The van der Waals surface area contributed by atoms with Crippen molar-refractivity contribution in [2.45, 2.75) is 6.54 Å². The van der Waals surface area contributed by atoms with E-state index in [4.69, 9.17) is 21.1 Å².